The molecule has 0 aliphatic carbocycles. The van der Waals surface area contributed by atoms with E-state index < -0.39 is 22.8 Å². The number of sulfonamides is 1. The van der Waals surface area contributed by atoms with Crippen LogP contribution in [0.5, 0.6) is 5.75 Å². The zero-order valence-electron chi connectivity index (χ0n) is 9.49. The fourth-order valence-corrected chi connectivity index (χ4v) is 1.55. The number of hydrogen-bond donors (Lipinski definition) is 1. The lowest BCUT2D eigenvalue weighted by molar-refractivity contribution is -0.153. The lowest BCUT2D eigenvalue weighted by Crippen LogP contribution is -2.21. The van der Waals surface area contributed by atoms with Gasteiger partial charge < -0.3 is 4.74 Å². The molecule has 4 nitrogen and oxygen atoms in total. The topological polar surface area (TPSA) is 55.4 Å². The van der Waals surface area contributed by atoms with Crippen LogP contribution in [0.2, 0.25) is 0 Å². The van der Waals surface area contributed by atoms with Gasteiger partial charge in [-0.1, -0.05) is 12.1 Å². The Morgan fingerprint density at radius 3 is 2.56 bits per heavy atom. The summed E-state index contributed by atoms with van der Waals surface area (Å²) in [4.78, 5) is 0. The molecule has 0 saturated heterocycles. The minimum atomic E-state index is -4.40. The molecular weight excluding hydrogens is 271 g/mol. The smallest absolute Gasteiger partial charge is 0.422 e. The molecule has 0 heterocycles. The molecule has 0 atom stereocenters. The molecule has 1 aromatic carbocycles. The molecule has 1 aromatic rings. The first-order valence-electron chi connectivity index (χ1n) is 4.89. The maximum atomic E-state index is 11.9. The Balaban J connectivity index is 2.62. The van der Waals surface area contributed by atoms with Crippen LogP contribution in [-0.2, 0) is 16.6 Å². The van der Waals surface area contributed by atoms with E-state index in [4.69, 9.17) is 0 Å². The summed E-state index contributed by atoms with van der Waals surface area (Å²) >= 11 is 0. The Labute approximate surface area is 103 Å². The number of alkyl halides is 3. The summed E-state index contributed by atoms with van der Waals surface area (Å²) in [5, 5.41) is 0. The van der Waals surface area contributed by atoms with Crippen LogP contribution in [0.4, 0.5) is 13.2 Å². The maximum Gasteiger partial charge on any atom is 0.422 e. The molecule has 0 radical (unpaired) electrons. The van der Waals surface area contributed by atoms with Crippen molar-refractivity contribution >= 4 is 10.0 Å². The third kappa shape index (κ3) is 6.45. The van der Waals surface area contributed by atoms with Crippen LogP contribution in [0.15, 0.2) is 24.3 Å². The number of benzene rings is 1. The lowest BCUT2D eigenvalue weighted by atomic mass is 10.2. The van der Waals surface area contributed by atoms with Crippen LogP contribution >= 0.6 is 0 Å². The molecule has 0 aliphatic rings. The van der Waals surface area contributed by atoms with Crippen molar-refractivity contribution in [3.05, 3.63) is 29.8 Å². The van der Waals surface area contributed by atoms with E-state index in [-0.39, 0.29) is 12.3 Å². The quantitative estimate of drug-likeness (QED) is 0.894. The molecule has 102 valence electrons. The van der Waals surface area contributed by atoms with Gasteiger partial charge in [0.05, 0.1) is 6.26 Å². The van der Waals surface area contributed by atoms with Crippen LogP contribution in [0.3, 0.4) is 0 Å². The van der Waals surface area contributed by atoms with Crippen LogP contribution in [-0.4, -0.2) is 27.5 Å². The Kier molecular flexibility index (Phi) is 4.58. The molecule has 0 aliphatic heterocycles. The first-order chi connectivity index (χ1) is 8.16. The van der Waals surface area contributed by atoms with E-state index in [1.54, 1.807) is 6.07 Å². The molecule has 0 amide bonds. The lowest BCUT2D eigenvalue weighted by Gasteiger charge is -2.10. The van der Waals surface area contributed by atoms with Gasteiger partial charge in [-0.2, -0.15) is 13.2 Å². The minimum Gasteiger partial charge on any atom is -0.484 e. The van der Waals surface area contributed by atoms with E-state index in [0.29, 0.717) is 5.56 Å². The summed E-state index contributed by atoms with van der Waals surface area (Å²) < 4.78 is 64.3. The Bertz CT molecular complexity index is 499. The van der Waals surface area contributed by atoms with Crippen molar-refractivity contribution in [1.82, 2.24) is 4.72 Å². The van der Waals surface area contributed by atoms with Gasteiger partial charge in [0, 0.05) is 6.54 Å². The van der Waals surface area contributed by atoms with E-state index in [1.807, 2.05) is 0 Å². The summed E-state index contributed by atoms with van der Waals surface area (Å²) in [6.07, 6.45) is -3.40. The van der Waals surface area contributed by atoms with Gasteiger partial charge in [-0.25, -0.2) is 13.1 Å². The average molecular weight is 283 g/mol. The van der Waals surface area contributed by atoms with Gasteiger partial charge in [-0.3, -0.25) is 0 Å². The summed E-state index contributed by atoms with van der Waals surface area (Å²) in [7, 11) is -3.34. The Hall–Kier alpha value is -1.28. The third-order valence-corrected chi connectivity index (χ3v) is 2.51. The van der Waals surface area contributed by atoms with Crippen LogP contribution in [0.1, 0.15) is 5.56 Å². The van der Waals surface area contributed by atoms with Crippen molar-refractivity contribution < 1.29 is 26.3 Å². The number of hydrogen-bond acceptors (Lipinski definition) is 3. The second-order valence-corrected chi connectivity index (χ2v) is 5.48. The van der Waals surface area contributed by atoms with Crippen LogP contribution in [0.25, 0.3) is 0 Å². The van der Waals surface area contributed by atoms with Gasteiger partial charge >= 0.3 is 6.18 Å². The molecule has 0 unspecified atom stereocenters. The molecular formula is C10H12F3NO3S. The highest BCUT2D eigenvalue weighted by Crippen LogP contribution is 2.19. The summed E-state index contributed by atoms with van der Waals surface area (Å²) in [5.74, 6) is 0.0418. The highest BCUT2D eigenvalue weighted by molar-refractivity contribution is 7.88. The van der Waals surface area contributed by atoms with Gasteiger partial charge in [0.15, 0.2) is 6.61 Å². The summed E-state index contributed by atoms with van der Waals surface area (Å²) in [6.45, 7) is -1.38. The third-order valence-electron chi connectivity index (χ3n) is 1.84. The molecule has 1 N–H and O–H groups in total. The van der Waals surface area contributed by atoms with E-state index in [1.165, 1.54) is 18.2 Å². The second-order valence-electron chi connectivity index (χ2n) is 3.64. The fraction of sp³-hybridized carbons (Fsp3) is 0.400. The monoisotopic (exact) mass is 283 g/mol. The SMILES string of the molecule is CS(=O)(=O)NCc1cccc(OCC(F)(F)F)c1. The van der Waals surface area contributed by atoms with Crippen molar-refractivity contribution in [2.24, 2.45) is 0 Å². The largest absolute Gasteiger partial charge is 0.484 e. The van der Waals surface area contributed by atoms with Gasteiger partial charge in [-0.05, 0) is 17.7 Å². The zero-order valence-corrected chi connectivity index (χ0v) is 10.3. The molecule has 0 bridgehead atoms. The van der Waals surface area contributed by atoms with Crippen LogP contribution in [0, 0.1) is 0 Å². The number of halogens is 3. The van der Waals surface area contributed by atoms with E-state index in [9.17, 15) is 21.6 Å². The van der Waals surface area contributed by atoms with Crippen molar-refractivity contribution in [3.63, 3.8) is 0 Å². The second kappa shape index (κ2) is 5.57. The molecule has 0 spiro atoms. The average Bonchev–Trinajstić information content (AvgIpc) is 2.22. The zero-order chi connectivity index (χ0) is 13.8. The van der Waals surface area contributed by atoms with Gasteiger partial charge in [0.1, 0.15) is 5.75 Å². The van der Waals surface area contributed by atoms with E-state index >= 15 is 0 Å². The predicted molar refractivity (Wildman–Crippen MR) is 59.7 cm³/mol. The maximum absolute atomic E-state index is 11.9. The normalized spacial score (nSPS) is 12.4. The molecule has 0 aromatic heterocycles. The first-order valence-corrected chi connectivity index (χ1v) is 6.78. The van der Waals surface area contributed by atoms with E-state index in [0.717, 1.165) is 6.26 Å². The number of nitrogens with one attached hydrogen (secondary N) is 1. The molecule has 0 saturated carbocycles. The highest BCUT2D eigenvalue weighted by Gasteiger charge is 2.28. The summed E-state index contributed by atoms with van der Waals surface area (Å²) in [5.41, 5.74) is 0.514. The fourth-order valence-electron chi connectivity index (χ4n) is 1.12. The standard InChI is InChI=1S/C10H12F3NO3S/c1-18(15,16)14-6-8-3-2-4-9(5-8)17-7-10(11,12)13/h2-5,14H,6-7H2,1H3. The predicted octanol–water partition coefficient (Wildman–Crippen LogP) is 1.68. The molecule has 0 fully saturated rings. The Morgan fingerprint density at radius 1 is 1.33 bits per heavy atom. The first kappa shape index (κ1) is 14.8. The van der Waals surface area contributed by atoms with Gasteiger partial charge in [0.2, 0.25) is 10.0 Å². The van der Waals surface area contributed by atoms with Crippen molar-refractivity contribution in [3.8, 4) is 5.75 Å². The molecule has 1 rings (SSSR count). The summed E-state index contributed by atoms with van der Waals surface area (Å²) in [6, 6.07) is 5.79. The molecule has 18 heavy (non-hydrogen) atoms. The van der Waals surface area contributed by atoms with Crippen LogP contribution < -0.4 is 9.46 Å². The molecule has 8 heteroatoms. The van der Waals surface area contributed by atoms with E-state index in [2.05, 4.69) is 9.46 Å². The van der Waals surface area contributed by atoms with Gasteiger partial charge in [0.25, 0.3) is 0 Å². The highest BCUT2D eigenvalue weighted by atomic mass is 32.2. The Morgan fingerprint density at radius 2 is 2.00 bits per heavy atom. The number of rotatable bonds is 5. The van der Waals surface area contributed by atoms with Crippen molar-refractivity contribution in [2.45, 2.75) is 12.7 Å². The van der Waals surface area contributed by atoms with Crippen molar-refractivity contribution in [1.29, 1.82) is 0 Å². The number of ether oxygens (including phenoxy) is 1. The van der Waals surface area contributed by atoms with Gasteiger partial charge in [-0.15, -0.1) is 0 Å². The minimum absolute atomic E-state index is 0.00203. The van der Waals surface area contributed by atoms with Crippen molar-refractivity contribution in [2.75, 3.05) is 12.9 Å².